The van der Waals surface area contributed by atoms with Crippen LogP contribution in [0.2, 0.25) is 5.02 Å². The standard InChI is InChI=1S/C9H11ClN2O4S/c1-11-9(13)6-16-12-17(14,15)8-5-3-2-4-7(8)10/h2-5,12H,6H2,1H3,(H,11,13). The van der Waals surface area contributed by atoms with Crippen LogP contribution in [0.1, 0.15) is 0 Å². The molecule has 1 rings (SSSR count). The van der Waals surface area contributed by atoms with E-state index in [-0.39, 0.29) is 9.92 Å². The number of amides is 1. The molecule has 0 saturated carbocycles. The van der Waals surface area contributed by atoms with Crippen molar-refractivity contribution in [2.45, 2.75) is 4.90 Å². The number of carbonyl (C=O) groups is 1. The summed E-state index contributed by atoms with van der Waals surface area (Å²) >= 11 is 5.72. The molecule has 1 amide bonds. The molecular formula is C9H11ClN2O4S. The molecule has 0 unspecified atom stereocenters. The van der Waals surface area contributed by atoms with Crippen molar-refractivity contribution in [2.75, 3.05) is 13.7 Å². The van der Waals surface area contributed by atoms with Crippen LogP contribution in [-0.4, -0.2) is 28.0 Å². The van der Waals surface area contributed by atoms with Crippen molar-refractivity contribution in [1.29, 1.82) is 0 Å². The van der Waals surface area contributed by atoms with Gasteiger partial charge in [0.05, 0.1) is 5.02 Å². The highest BCUT2D eigenvalue weighted by atomic mass is 35.5. The molecule has 1 aromatic carbocycles. The minimum atomic E-state index is -3.88. The van der Waals surface area contributed by atoms with E-state index in [9.17, 15) is 13.2 Å². The van der Waals surface area contributed by atoms with E-state index in [0.29, 0.717) is 0 Å². The maximum Gasteiger partial charge on any atom is 0.263 e. The molecule has 1 aromatic rings. The third-order valence-electron chi connectivity index (χ3n) is 1.78. The van der Waals surface area contributed by atoms with Gasteiger partial charge in [-0.3, -0.25) is 9.63 Å². The molecule has 0 spiro atoms. The van der Waals surface area contributed by atoms with E-state index in [4.69, 9.17) is 11.6 Å². The van der Waals surface area contributed by atoms with Gasteiger partial charge in [-0.15, -0.1) is 0 Å². The summed E-state index contributed by atoms with van der Waals surface area (Å²) in [7, 11) is -2.47. The Balaban J connectivity index is 2.70. The van der Waals surface area contributed by atoms with Crippen LogP contribution < -0.4 is 10.2 Å². The molecule has 0 radical (unpaired) electrons. The quantitative estimate of drug-likeness (QED) is 0.759. The highest BCUT2D eigenvalue weighted by molar-refractivity contribution is 7.89. The monoisotopic (exact) mass is 278 g/mol. The number of rotatable bonds is 5. The Morgan fingerprint density at radius 1 is 1.41 bits per heavy atom. The van der Waals surface area contributed by atoms with Crippen molar-refractivity contribution >= 4 is 27.5 Å². The van der Waals surface area contributed by atoms with Crippen LogP contribution in [0.4, 0.5) is 0 Å². The zero-order valence-corrected chi connectivity index (χ0v) is 10.5. The third kappa shape index (κ3) is 3.97. The minimum Gasteiger partial charge on any atom is -0.357 e. The molecule has 8 heteroatoms. The summed E-state index contributed by atoms with van der Waals surface area (Å²) in [6, 6.07) is 5.90. The van der Waals surface area contributed by atoms with Gasteiger partial charge < -0.3 is 5.32 Å². The normalized spacial score (nSPS) is 11.2. The number of carbonyl (C=O) groups excluding carboxylic acids is 1. The van der Waals surface area contributed by atoms with Crippen LogP contribution in [0, 0.1) is 0 Å². The van der Waals surface area contributed by atoms with Gasteiger partial charge in [-0.25, -0.2) is 8.42 Å². The van der Waals surface area contributed by atoms with Crippen molar-refractivity contribution in [1.82, 2.24) is 10.2 Å². The molecule has 0 aromatic heterocycles. The highest BCUT2D eigenvalue weighted by Crippen LogP contribution is 2.19. The van der Waals surface area contributed by atoms with Crippen LogP contribution in [0.5, 0.6) is 0 Å². The molecule has 0 aliphatic rings. The van der Waals surface area contributed by atoms with Gasteiger partial charge >= 0.3 is 0 Å². The summed E-state index contributed by atoms with van der Waals surface area (Å²) < 4.78 is 23.3. The van der Waals surface area contributed by atoms with Gasteiger partial charge in [0.25, 0.3) is 10.0 Å². The van der Waals surface area contributed by atoms with Gasteiger partial charge in [-0.05, 0) is 12.1 Å². The number of nitrogens with one attached hydrogen (secondary N) is 2. The zero-order valence-electron chi connectivity index (χ0n) is 8.94. The molecule has 0 bridgehead atoms. The molecule has 0 aliphatic carbocycles. The molecule has 0 fully saturated rings. The van der Waals surface area contributed by atoms with E-state index in [1.54, 1.807) is 6.07 Å². The lowest BCUT2D eigenvalue weighted by molar-refractivity contribution is -0.126. The third-order valence-corrected chi connectivity index (χ3v) is 3.49. The van der Waals surface area contributed by atoms with E-state index in [2.05, 4.69) is 10.2 Å². The number of sulfonamides is 1. The Morgan fingerprint density at radius 2 is 2.06 bits per heavy atom. The smallest absolute Gasteiger partial charge is 0.263 e. The lowest BCUT2D eigenvalue weighted by Gasteiger charge is -2.07. The van der Waals surface area contributed by atoms with Crippen LogP contribution in [0.15, 0.2) is 29.2 Å². The Hall–Kier alpha value is -1.15. The first-order chi connectivity index (χ1) is 7.97. The molecule has 0 aliphatic heterocycles. The fourth-order valence-electron chi connectivity index (χ4n) is 0.952. The average molecular weight is 279 g/mol. The number of likely N-dealkylation sites (N-methyl/N-ethyl adjacent to an activating group) is 1. The van der Waals surface area contributed by atoms with E-state index in [1.165, 1.54) is 25.2 Å². The van der Waals surface area contributed by atoms with Crippen molar-refractivity contribution < 1.29 is 18.0 Å². The summed E-state index contributed by atoms with van der Waals surface area (Å²) in [4.78, 5) is 17.1. The van der Waals surface area contributed by atoms with E-state index < -0.39 is 22.5 Å². The largest absolute Gasteiger partial charge is 0.357 e. The first-order valence-corrected chi connectivity index (χ1v) is 6.42. The van der Waals surface area contributed by atoms with Crippen molar-refractivity contribution in [3.8, 4) is 0 Å². The second-order valence-corrected chi connectivity index (χ2v) is 5.00. The van der Waals surface area contributed by atoms with Crippen molar-refractivity contribution in [3.63, 3.8) is 0 Å². The summed E-state index contributed by atoms with van der Waals surface area (Å²) in [5, 5.41) is 2.35. The van der Waals surface area contributed by atoms with Crippen LogP contribution in [0.3, 0.4) is 0 Å². The summed E-state index contributed by atoms with van der Waals surface area (Å²) in [6.45, 7) is -0.416. The van der Waals surface area contributed by atoms with Crippen molar-refractivity contribution in [3.05, 3.63) is 29.3 Å². The predicted octanol–water partition coefficient (Wildman–Crippen LogP) is 0.296. The summed E-state index contributed by atoms with van der Waals surface area (Å²) in [6.07, 6.45) is 0. The van der Waals surface area contributed by atoms with Gasteiger partial charge in [-0.2, -0.15) is 0 Å². The first kappa shape index (κ1) is 13.9. The molecule has 2 N–H and O–H groups in total. The molecule has 0 saturated heterocycles. The SMILES string of the molecule is CNC(=O)CONS(=O)(=O)c1ccccc1Cl. The Labute approximate surface area is 104 Å². The fraction of sp³-hybridized carbons (Fsp3) is 0.222. The number of benzene rings is 1. The average Bonchev–Trinajstić information content (AvgIpc) is 2.28. The summed E-state index contributed by atoms with van der Waals surface area (Å²) in [5.74, 6) is -0.452. The topological polar surface area (TPSA) is 84.5 Å². The second-order valence-electron chi connectivity index (χ2n) is 2.98. The van der Waals surface area contributed by atoms with Crippen LogP contribution in [-0.2, 0) is 19.7 Å². The lowest BCUT2D eigenvalue weighted by Crippen LogP contribution is -2.31. The Bertz CT molecular complexity index is 503. The second kappa shape index (κ2) is 5.97. The van der Waals surface area contributed by atoms with Gasteiger partial charge in [0.15, 0.2) is 0 Å². The molecular weight excluding hydrogens is 268 g/mol. The lowest BCUT2D eigenvalue weighted by atomic mass is 10.4. The minimum absolute atomic E-state index is 0.0727. The Kier molecular flexibility index (Phi) is 4.88. The van der Waals surface area contributed by atoms with E-state index >= 15 is 0 Å². The number of hydrogen-bond donors (Lipinski definition) is 2. The molecule has 0 atom stereocenters. The van der Waals surface area contributed by atoms with E-state index in [1.807, 2.05) is 4.89 Å². The molecule has 0 heterocycles. The Morgan fingerprint density at radius 3 is 2.65 bits per heavy atom. The summed E-state index contributed by atoms with van der Waals surface area (Å²) in [5.41, 5.74) is 0. The number of halogens is 1. The zero-order chi connectivity index (χ0) is 12.9. The van der Waals surface area contributed by atoms with Gasteiger partial charge in [0.1, 0.15) is 11.5 Å². The van der Waals surface area contributed by atoms with Crippen molar-refractivity contribution in [2.24, 2.45) is 0 Å². The molecule has 17 heavy (non-hydrogen) atoms. The van der Waals surface area contributed by atoms with Crippen LogP contribution in [0.25, 0.3) is 0 Å². The molecule has 6 nitrogen and oxygen atoms in total. The maximum atomic E-state index is 11.7. The van der Waals surface area contributed by atoms with Gasteiger partial charge in [0, 0.05) is 7.05 Å². The van der Waals surface area contributed by atoms with Gasteiger partial charge in [0.2, 0.25) is 5.91 Å². The predicted molar refractivity (Wildman–Crippen MR) is 61.8 cm³/mol. The van der Waals surface area contributed by atoms with E-state index in [0.717, 1.165) is 0 Å². The number of hydrogen-bond acceptors (Lipinski definition) is 4. The molecule has 94 valence electrons. The van der Waals surface area contributed by atoms with Crippen LogP contribution >= 0.6 is 11.6 Å². The first-order valence-electron chi connectivity index (χ1n) is 4.56. The fourth-order valence-corrected chi connectivity index (χ4v) is 2.28. The highest BCUT2D eigenvalue weighted by Gasteiger charge is 2.17. The van der Waals surface area contributed by atoms with Gasteiger partial charge in [-0.1, -0.05) is 28.6 Å². The maximum absolute atomic E-state index is 11.7.